The highest BCUT2D eigenvalue weighted by Gasteiger charge is 2.39. The van der Waals surface area contributed by atoms with E-state index in [0.717, 1.165) is 19.2 Å². The van der Waals surface area contributed by atoms with Crippen LogP contribution in [0.3, 0.4) is 0 Å². The molecule has 0 atom stereocenters. The lowest BCUT2D eigenvalue weighted by Gasteiger charge is -2.05. The normalized spacial score (nSPS) is 18.1. The van der Waals surface area contributed by atoms with Crippen molar-refractivity contribution >= 4 is 31.9 Å². The number of carbonyl (C=O) groups excluding carboxylic acids is 1. The number of hydrogen-bond donors (Lipinski definition) is 0. The third-order valence-corrected chi connectivity index (χ3v) is 4.57. The van der Waals surface area contributed by atoms with E-state index in [9.17, 15) is 17.6 Å². The first kappa shape index (κ1) is 10.6. The van der Waals surface area contributed by atoms with Gasteiger partial charge in [0.15, 0.2) is 0 Å². The summed E-state index contributed by atoms with van der Waals surface area (Å²) >= 11 is 2.87. The topological polar surface area (TPSA) is 54.5 Å². The Morgan fingerprint density at radius 2 is 2.00 bits per heavy atom. The van der Waals surface area contributed by atoms with Crippen molar-refractivity contribution < 1.29 is 17.6 Å². The number of fused-ring (bicyclic) bond motifs is 1. The zero-order chi connectivity index (χ0) is 11.4. The highest BCUT2D eigenvalue weighted by atomic mass is 79.9. The van der Waals surface area contributed by atoms with Gasteiger partial charge in [-0.1, -0.05) is 0 Å². The fourth-order valence-corrected chi connectivity index (χ4v) is 3.13. The molecule has 1 aliphatic heterocycles. The van der Waals surface area contributed by atoms with Crippen LogP contribution in [0.2, 0.25) is 0 Å². The van der Waals surface area contributed by atoms with Crippen LogP contribution in [0.5, 0.6) is 0 Å². The first-order valence-corrected chi connectivity index (χ1v) is 6.11. The number of halogens is 2. The second-order valence-corrected chi connectivity index (χ2v) is 5.83. The molecule has 1 aromatic rings. The van der Waals surface area contributed by atoms with Crippen molar-refractivity contribution in [3.05, 3.63) is 28.0 Å². The molecular weight excluding hydrogens is 289 g/mol. The summed E-state index contributed by atoms with van der Waals surface area (Å²) in [5.74, 6) is -1.37. The van der Waals surface area contributed by atoms with Crippen molar-refractivity contribution in [3.63, 3.8) is 0 Å². The van der Waals surface area contributed by atoms with Crippen LogP contribution in [0.1, 0.15) is 10.4 Å². The molecule has 0 saturated carbocycles. The van der Waals surface area contributed by atoms with Crippen LogP contribution in [-0.4, -0.2) is 25.7 Å². The third kappa shape index (κ3) is 1.30. The summed E-state index contributed by atoms with van der Waals surface area (Å²) < 4.78 is 37.0. The molecule has 1 aliphatic rings. The summed E-state index contributed by atoms with van der Waals surface area (Å²) in [6, 6.07) is 2.02. The van der Waals surface area contributed by atoms with Gasteiger partial charge in [0, 0.05) is 7.05 Å². The van der Waals surface area contributed by atoms with Crippen LogP contribution in [0.4, 0.5) is 4.39 Å². The number of rotatable bonds is 0. The van der Waals surface area contributed by atoms with Crippen LogP contribution < -0.4 is 0 Å². The SMILES string of the molecule is CN1C(=O)c2cc(F)c(Br)cc2S1(=O)=O. The van der Waals surface area contributed by atoms with Crippen molar-refractivity contribution in [3.8, 4) is 0 Å². The van der Waals surface area contributed by atoms with Gasteiger partial charge in [-0.05, 0) is 28.1 Å². The van der Waals surface area contributed by atoms with Crippen LogP contribution in [0.15, 0.2) is 21.5 Å². The first-order valence-electron chi connectivity index (χ1n) is 3.88. The molecule has 0 fully saturated rings. The van der Waals surface area contributed by atoms with Crippen molar-refractivity contribution in [2.45, 2.75) is 4.90 Å². The van der Waals surface area contributed by atoms with Gasteiger partial charge < -0.3 is 0 Å². The summed E-state index contributed by atoms with van der Waals surface area (Å²) in [5.41, 5.74) is -0.127. The Morgan fingerprint density at radius 1 is 1.40 bits per heavy atom. The van der Waals surface area contributed by atoms with Crippen LogP contribution >= 0.6 is 15.9 Å². The molecule has 0 unspecified atom stereocenters. The molecule has 15 heavy (non-hydrogen) atoms. The summed E-state index contributed by atoms with van der Waals surface area (Å²) in [7, 11) is -2.64. The molecule has 0 bridgehead atoms. The number of carbonyl (C=O) groups is 1. The Balaban J connectivity index is 2.85. The van der Waals surface area contributed by atoms with Crippen molar-refractivity contribution in [2.75, 3.05) is 7.05 Å². The highest BCUT2D eigenvalue weighted by molar-refractivity contribution is 9.10. The zero-order valence-corrected chi connectivity index (χ0v) is 9.89. The largest absolute Gasteiger partial charge is 0.268 e. The van der Waals surface area contributed by atoms with Crippen molar-refractivity contribution in [2.24, 2.45) is 0 Å². The molecule has 2 rings (SSSR count). The number of benzene rings is 1. The summed E-state index contributed by atoms with van der Waals surface area (Å²) in [6.45, 7) is 0. The van der Waals surface area contributed by atoms with E-state index in [0.29, 0.717) is 4.31 Å². The van der Waals surface area contributed by atoms with Gasteiger partial charge in [-0.25, -0.2) is 17.1 Å². The summed E-state index contributed by atoms with van der Waals surface area (Å²) in [4.78, 5) is 11.3. The Morgan fingerprint density at radius 3 is 2.60 bits per heavy atom. The summed E-state index contributed by atoms with van der Waals surface area (Å²) in [5, 5.41) is 0. The molecule has 7 heteroatoms. The second-order valence-electron chi connectivity index (χ2n) is 3.04. The lowest BCUT2D eigenvalue weighted by atomic mass is 10.2. The number of sulfonamides is 1. The Bertz CT molecular complexity index is 569. The second kappa shape index (κ2) is 3.02. The molecule has 4 nitrogen and oxygen atoms in total. The summed E-state index contributed by atoms with van der Waals surface area (Å²) in [6.07, 6.45) is 0. The van der Waals surface area contributed by atoms with Crippen molar-refractivity contribution in [1.29, 1.82) is 0 Å². The molecular formula is C8H5BrFNO3S. The maximum absolute atomic E-state index is 13.1. The van der Waals surface area contributed by atoms with Crippen LogP contribution in [-0.2, 0) is 10.0 Å². The molecule has 1 amide bonds. The zero-order valence-electron chi connectivity index (χ0n) is 7.49. The Hall–Kier alpha value is -0.950. The van der Waals surface area contributed by atoms with E-state index in [1.165, 1.54) is 0 Å². The predicted molar refractivity (Wildman–Crippen MR) is 53.4 cm³/mol. The average Bonchev–Trinajstić information content (AvgIpc) is 2.32. The molecule has 1 aromatic carbocycles. The molecule has 0 spiro atoms. The van der Waals surface area contributed by atoms with E-state index in [4.69, 9.17) is 0 Å². The fraction of sp³-hybridized carbons (Fsp3) is 0.125. The molecule has 0 radical (unpaired) electrons. The van der Waals surface area contributed by atoms with Gasteiger partial charge in [-0.15, -0.1) is 0 Å². The minimum absolute atomic E-state index is 0.0212. The molecule has 1 heterocycles. The van der Waals surface area contributed by atoms with Crippen molar-refractivity contribution in [1.82, 2.24) is 4.31 Å². The fourth-order valence-electron chi connectivity index (χ4n) is 1.34. The van der Waals surface area contributed by atoms with E-state index in [1.54, 1.807) is 0 Å². The van der Waals surface area contributed by atoms with Gasteiger partial charge in [-0.2, -0.15) is 0 Å². The smallest absolute Gasteiger partial charge is 0.268 e. The maximum Gasteiger partial charge on any atom is 0.268 e. The number of hydrogen-bond acceptors (Lipinski definition) is 3. The monoisotopic (exact) mass is 293 g/mol. The van der Waals surface area contributed by atoms with E-state index in [2.05, 4.69) is 15.9 Å². The van der Waals surface area contributed by atoms with Gasteiger partial charge in [0.2, 0.25) is 0 Å². The van der Waals surface area contributed by atoms with E-state index in [-0.39, 0.29) is 14.9 Å². The minimum atomic E-state index is -3.79. The van der Waals surface area contributed by atoms with E-state index >= 15 is 0 Å². The number of nitrogens with zero attached hydrogens (tertiary/aromatic N) is 1. The first-order chi connectivity index (χ1) is 6.85. The quantitative estimate of drug-likeness (QED) is 0.726. The van der Waals surface area contributed by atoms with Gasteiger partial charge in [-0.3, -0.25) is 4.79 Å². The maximum atomic E-state index is 13.1. The Kier molecular flexibility index (Phi) is 2.13. The molecule has 0 saturated heterocycles. The molecule has 0 aliphatic carbocycles. The molecule has 0 N–H and O–H groups in total. The average molecular weight is 294 g/mol. The van der Waals surface area contributed by atoms with Gasteiger partial charge >= 0.3 is 0 Å². The highest BCUT2D eigenvalue weighted by Crippen LogP contribution is 2.32. The van der Waals surface area contributed by atoms with E-state index in [1.807, 2.05) is 0 Å². The van der Waals surface area contributed by atoms with Gasteiger partial charge in [0.1, 0.15) is 10.7 Å². The van der Waals surface area contributed by atoms with Gasteiger partial charge in [0.05, 0.1) is 10.0 Å². The standard InChI is InChI=1S/C8H5BrFNO3S/c1-11-8(12)4-2-6(10)5(9)3-7(4)15(11,13)14/h2-3H,1H3. The number of amides is 1. The van der Waals surface area contributed by atoms with E-state index < -0.39 is 21.7 Å². The van der Waals surface area contributed by atoms with Crippen LogP contribution in [0, 0.1) is 5.82 Å². The molecule has 0 aromatic heterocycles. The predicted octanol–water partition coefficient (Wildman–Crippen LogP) is 1.36. The van der Waals surface area contributed by atoms with Crippen LogP contribution in [0.25, 0.3) is 0 Å². The lowest BCUT2D eigenvalue weighted by molar-refractivity contribution is 0.0891. The van der Waals surface area contributed by atoms with Gasteiger partial charge in [0.25, 0.3) is 15.9 Å². The third-order valence-electron chi connectivity index (χ3n) is 2.18. The Labute approximate surface area is 93.9 Å². The lowest BCUT2D eigenvalue weighted by Crippen LogP contribution is -2.24. The minimum Gasteiger partial charge on any atom is -0.268 e. The molecule has 80 valence electrons.